The first-order valence-electron chi connectivity index (χ1n) is 4.18. The molecule has 1 aromatic rings. The van der Waals surface area contributed by atoms with E-state index in [0.717, 1.165) is 12.3 Å². The lowest BCUT2D eigenvalue weighted by Gasteiger charge is -2.14. The number of rotatable bonds is 3. The predicted molar refractivity (Wildman–Crippen MR) is 49.1 cm³/mol. The number of halogens is 1. The molecule has 0 bridgehead atoms. The van der Waals surface area contributed by atoms with Crippen LogP contribution in [-0.2, 0) is 4.79 Å². The Morgan fingerprint density at radius 3 is 2.69 bits per heavy atom. The van der Waals surface area contributed by atoms with Crippen LogP contribution in [0.5, 0.6) is 0 Å². The molecule has 0 fully saturated rings. The molecule has 1 heterocycles. The van der Waals surface area contributed by atoms with Crippen molar-refractivity contribution in [3.8, 4) is 6.07 Å². The fourth-order valence-corrected chi connectivity index (χ4v) is 1.03. The molecule has 4 N–H and O–H groups in total. The lowest BCUT2D eigenvalue weighted by Crippen LogP contribution is -2.34. The smallest absolute Gasteiger partial charge is 0.249 e. The van der Waals surface area contributed by atoms with Crippen molar-refractivity contribution in [3.05, 3.63) is 29.3 Å². The van der Waals surface area contributed by atoms with Crippen LogP contribution < -0.4 is 5.73 Å². The zero-order valence-electron chi connectivity index (χ0n) is 7.96. The number of carbonyl (C=O) groups excluding carboxylic acids is 1. The standard InChI is InChI=1S/C9H8FN3O3/c10-5-1-4(3-13-6(5)2-11)7(14)8(15)9(12)16/h1,3,7-8,14-15H,(H2,12,16). The van der Waals surface area contributed by atoms with Crippen LogP contribution in [0.2, 0.25) is 0 Å². The Balaban J connectivity index is 3.02. The van der Waals surface area contributed by atoms with Gasteiger partial charge in [-0.3, -0.25) is 4.79 Å². The zero-order chi connectivity index (χ0) is 12.3. The van der Waals surface area contributed by atoms with E-state index in [0.29, 0.717) is 0 Å². The highest BCUT2D eigenvalue weighted by atomic mass is 19.1. The van der Waals surface area contributed by atoms with Crippen LogP contribution in [0.1, 0.15) is 17.4 Å². The van der Waals surface area contributed by atoms with E-state index in [2.05, 4.69) is 4.98 Å². The van der Waals surface area contributed by atoms with Gasteiger partial charge in [-0.15, -0.1) is 0 Å². The van der Waals surface area contributed by atoms with Gasteiger partial charge in [0.15, 0.2) is 17.6 Å². The van der Waals surface area contributed by atoms with Crippen molar-refractivity contribution < 1.29 is 19.4 Å². The summed E-state index contributed by atoms with van der Waals surface area (Å²) < 4.78 is 13.1. The highest BCUT2D eigenvalue weighted by Gasteiger charge is 2.24. The average Bonchev–Trinajstić information content (AvgIpc) is 2.26. The third-order valence-electron chi connectivity index (χ3n) is 1.90. The quantitative estimate of drug-likeness (QED) is 0.607. The van der Waals surface area contributed by atoms with Crippen molar-refractivity contribution in [2.75, 3.05) is 0 Å². The molecule has 0 spiro atoms. The molecule has 84 valence electrons. The lowest BCUT2D eigenvalue weighted by molar-refractivity contribution is -0.132. The van der Waals surface area contributed by atoms with Gasteiger partial charge < -0.3 is 15.9 Å². The van der Waals surface area contributed by atoms with Gasteiger partial charge in [0.1, 0.15) is 12.2 Å². The maximum Gasteiger partial charge on any atom is 0.249 e. The molecule has 0 aliphatic heterocycles. The third-order valence-corrected chi connectivity index (χ3v) is 1.90. The molecule has 16 heavy (non-hydrogen) atoms. The van der Waals surface area contributed by atoms with E-state index >= 15 is 0 Å². The van der Waals surface area contributed by atoms with Crippen LogP contribution in [0.3, 0.4) is 0 Å². The maximum absolute atomic E-state index is 13.1. The molecule has 0 saturated carbocycles. The van der Waals surface area contributed by atoms with Gasteiger partial charge in [0.05, 0.1) is 0 Å². The highest BCUT2D eigenvalue weighted by molar-refractivity contribution is 5.79. The number of nitrogens with zero attached hydrogens (tertiary/aromatic N) is 2. The number of aliphatic hydroxyl groups excluding tert-OH is 2. The number of pyridine rings is 1. The van der Waals surface area contributed by atoms with Gasteiger partial charge >= 0.3 is 0 Å². The molecule has 1 amide bonds. The summed E-state index contributed by atoms with van der Waals surface area (Å²) >= 11 is 0. The largest absolute Gasteiger partial charge is 0.385 e. The second kappa shape index (κ2) is 4.65. The van der Waals surface area contributed by atoms with Gasteiger partial charge in [-0.25, -0.2) is 9.37 Å². The topological polar surface area (TPSA) is 120 Å². The Kier molecular flexibility index (Phi) is 3.50. The van der Waals surface area contributed by atoms with Crippen LogP contribution in [-0.4, -0.2) is 27.2 Å². The van der Waals surface area contributed by atoms with E-state index in [9.17, 15) is 14.3 Å². The second-order valence-corrected chi connectivity index (χ2v) is 3.00. The maximum atomic E-state index is 13.1. The van der Waals surface area contributed by atoms with E-state index in [1.54, 1.807) is 0 Å². The average molecular weight is 225 g/mol. The summed E-state index contributed by atoms with van der Waals surface area (Å²) in [6.45, 7) is 0. The highest BCUT2D eigenvalue weighted by Crippen LogP contribution is 2.17. The first-order chi connectivity index (χ1) is 7.47. The summed E-state index contributed by atoms with van der Waals surface area (Å²) in [4.78, 5) is 14.0. The molecule has 0 saturated heterocycles. The van der Waals surface area contributed by atoms with Gasteiger partial charge in [0.2, 0.25) is 5.91 Å². The van der Waals surface area contributed by atoms with Crippen LogP contribution >= 0.6 is 0 Å². The number of carbonyl (C=O) groups is 1. The summed E-state index contributed by atoms with van der Waals surface area (Å²) in [5.41, 5.74) is 4.18. The van der Waals surface area contributed by atoms with Crippen LogP contribution in [0.4, 0.5) is 4.39 Å². The Morgan fingerprint density at radius 1 is 1.62 bits per heavy atom. The van der Waals surface area contributed by atoms with Crippen molar-refractivity contribution in [2.24, 2.45) is 5.73 Å². The Hall–Kier alpha value is -2.04. The minimum atomic E-state index is -1.85. The van der Waals surface area contributed by atoms with E-state index < -0.39 is 29.6 Å². The number of hydrogen-bond acceptors (Lipinski definition) is 5. The van der Waals surface area contributed by atoms with Gasteiger partial charge in [0.25, 0.3) is 0 Å². The third kappa shape index (κ3) is 2.31. The van der Waals surface area contributed by atoms with Gasteiger partial charge in [-0.05, 0) is 6.07 Å². The van der Waals surface area contributed by atoms with Crippen LogP contribution in [0.25, 0.3) is 0 Å². The molecule has 0 aliphatic carbocycles. The fraction of sp³-hybridized carbons (Fsp3) is 0.222. The molecular formula is C9H8FN3O3. The van der Waals surface area contributed by atoms with Gasteiger partial charge in [-0.1, -0.05) is 0 Å². The number of aliphatic hydroxyl groups is 2. The van der Waals surface area contributed by atoms with Crippen molar-refractivity contribution in [1.29, 1.82) is 5.26 Å². The van der Waals surface area contributed by atoms with Crippen molar-refractivity contribution in [2.45, 2.75) is 12.2 Å². The first-order valence-corrected chi connectivity index (χ1v) is 4.18. The first kappa shape index (κ1) is 12.0. The van der Waals surface area contributed by atoms with Crippen LogP contribution in [0.15, 0.2) is 12.3 Å². The number of nitriles is 1. The van der Waals surface area contributed by atoms with E-state index in [1.165, 1.54) is 6.07 Å². The molecule has 0 aliphatic rings. The van der Waals surface area contributed by atoms with E-state index in [-0.39, 0.29) is 5.56 Å². The van der Waals surface area contributed by atoms with Gasteiger partial charge in [-0.2, -0.15) is 5.26 Å². The minimum absolute atomic E-state index is 0.136. The SMILES string of the molecule is N#Cc1ncc(C(O)C(O)C(N)=O)cc1F. The normalized spacial score (nSPS) is 13.9. The molecule has 1 rings (SSSR count). The molecule has 1 aromatic heterocycles. The number of primary amides is 1. The van der Waals surface area contributed by atoms with Crippen LogP contribution in [0, 0.1) is 17.1 Å². The summed E-state index contributed by atoms with van der Waals surface area (Å²) in [5.74, 6) is -2.09. The molecule has 2 unspecified atom stereocenters. The minimum Gasteiger partial charge on any atom is -0.385 e. The number of aromatic nitrogens is 1. The molecular weight excluding hydrogens is 217 g/mol. The molecule has 7 heteroatoms. The molecule has 0 radical (unpaired) electrons. The summed E-state index contributed by atoms with van der Waals surface area (Å²) in [7, 11) is 0. The van der Waals surface area contributed by atoms with E-state index in [4.69, 9.17) is 16.1 Å². The Morgan fingerprint density at radius 2 is 2.25 bits per heavy atom. The number of nitrogens with two attached hydrogens (primary N) is 1. The molecule has 2 atom stereocenters. The summed E-state index contributed by atoms with van der Waals surface area (Å²) in [5, 5.41) is 26.9. The van der Waals surface area contributed by atoms with Gasteiger partial charge in [0, 0.05) is 11.8 Å². The Bertz CT molecular complexity index is 458. The van der Waals surface area contributed by atoms with Crippen molar-refractivity contribution in [3.63, 3.8) is 0 Å². The van der Waals surface area contributed by atoms with Crippen molar-refractivity contribution >= 4 is 5.91 Å². The van der Waals surface area contributed by atoms with E-state index in [1.807, 2.05) is 0 Å². The zero-order valence-corrected chi connectivity index (χ0v) is 7.96. The van der Waals surface area contributed by atoms with Crippen molar-refractivity contribution in [1.82, 2.24) is 4.98 Å². The second-order valence-electron chi connectivity index (χ2n) is 3.00. The molecule has 0 aromatic carbocycles. The lowest BCUT2D eigenvalue weighted by atomic mass is 10.1. The molecule has 6 nitrogen and oxygen atoms in total. The number of hydrogen-bond donors (Lipinski definition) is 3. The number of amides is 1. The fourth-order valence-electron chi connectivity index (χ4n) is 1.03. The Labute approximate surface area is 89.8 Å². The summed E-state index contributed by atoms with van der Waals surface area (Å²) in [6, 6.07) is 2.30. The predicted octanol–water partition coefficient (Wildman–Crippen LogP) is -1.03. The summed E-state index contributed by atoms with van der Waals surface area (Å²) in [6.07, 6.45) is -2.54. The monoisotopic (exact) mass is 225 g/mol.